The van der Waals surface area contributed by atoms with Crippen molar-refractivity contribution in [3.63, 3.8) is 0 Å². The van der Waals surface area contributed by atoms with Crippen molar-refractivity contribution in [2.45, 2.75) is 23.1 Å². The summed E-state index contributed by atoms with van der Waals surface area (Å²) < 4.78 is 48.8. The van der Waals surface area contributed by atoms with E-state index < -0.39 is 22.0 Å². The number of carbonyl (C=O) groups is 1. The van der Waals surface area contributed by atoms with Crippen LogP contribution in [0.3, 0.4) is 0 Å². The van der Waals surface area contributed by atoms with Gasteiger partial charge in [-0.25, -0.2) is 8.42 Å². The summed E-state index contributed by atoms with van der Waals surface area (Å²) in [5.41, 5.74) is 0.486. The molecule has 4 rings (SSSR count). The van der Waals surface area contributed by atoms with Crippen LogP contribution < -0.4 is 19.5 Å². The van der Waals surface area contributed by atoms with E-state index >= 15 is 0 Å². The van der Waals surface area contributed by atoms with Crippen LogP contribution in [0.25, 0.3) is 11.5 Å². The number of nitrogens with zero attached hydrogens (tertiary/aromatic N) is 3. The Bertz CT molecular complexity index is 1220. The van der Waals surface area contributed by atoms with Gasteiger partial charge in [0.05, 0.1) is 21.3 Å². The van der Waals surface area contributed by atoms with Gasteiger partial charge in [-0.15, -0.1) is 16.4 Å². The lowest BCUT2D eigenvalue weighted by Crippen LogP contribution is -2.42. The van der Waals surface area contributed by atoms with Crippen molar-refractivity contribution in [1.82, 2.24) is 14.5 Å². The standard InChI is InChI=1S/C20H22N4O7S2/c1-28-14-10-12(11-15(29-2)17(14)30-3)19-22-23-20(31-19)21-18(25)13-6-4-8-24(13)33(26,27)16-7-5-9-32-16/h5,7,9-11,13H,4,6,8H2,1-3H3,(H,21,23,25). The Balaban J connectivity index is 1.54. The van der Waals surface area contributed by atoms with Crippen molar-refractivity contribution < 1.29 is 31.8 Å². The second-order valence-corrected chi connectivity index (χ2v) is 10.1. The Morgan fingerprint density at radius 2 is 1.91 bits per heavy atom. The molecule has 1 aliphatic heterocycles. The molecule has 0 spiro atoms. The number of hydrogen-bond donors (Lipinski definition) is 1. The van der Waals surface area contributed by atoms with Crippen LogP contribution in [0.4, 0.5) is 6.01 Å². The summed E-state index contributed by atoms with van der Waals surface area (Å²) in [4.78, 5) is 12.9. The molecule has 33 heavy (non-hydrogen) atoms. The largest absolute Gasteiger partial charge is 0.493 e. The summed E-state index contributed by atoms with van der Waals surface area (Å²) in [5, 5.41) is 12.0. The van der Waals surface area contributed by atoms with Gasteiger partial charge < -0.3 is 18.6 Å². The summed E-state index contributed by atoms with van der Waals surface area (Å²) in [5.74, 6) is 0.781. The topological polar surface area (TPSA) is 133 Å². The number of hydrogen-bond acceptors (Lipinski definition) is 10. The molecule has 0 aliphatic carbocycles. The maximum atomic E-state index is 12.9. The smallest absolute Gasteiger partial charge is 0.322 e. The van der Waals surface area contributed by atoms with Crippen LogP contribution in [0.5, 0.6) is 17.2 Å². The first-order valence-electron chi connectivity index (χ1n) is 9.89. The van der Waals surface area contributed by atoms with Crippen LogP contribution in [0, 0.1) is 0 Å². The van der Waals surface area contributed by atoms with E-state index in [0.29, 0.717) is 35.7 Å². The van der Waals surface area contributed by atoms with Crippen molar-refractivity contribution in [3.8, 4) is 28.7 Å². The SMILES string of the molecule is COc1cc(-c2nnc(NC(=O)C3CCCN3S(=O)(=O)c3cccs3)o2)cc(OC)c1OC. The van der Waals surface area contributed by atoms with E-state index in [1.807, 2.05) is 0 Å². The molecule has 3 aromatic rings. The molecule has 3 heterocycles. The summed E-state index contributed by atoms with van der Waals surface area (Å²) >= 11 is 1.11. The van der Waals surface area contributed by atoms with Gasteiger partial charge in [0.25, 0.3) is 10.0 Å². The number of anilines is 1. The number of methoxy groups -OCH3 is 3. The van der Waals surface area contributed by atoms with E-state index in [2.05, 4.69) is 15.5 Å². The molecule has 1 atom stereocenters. The number of ether oxygens (including phenoxy) is 3. The Hall–Kier alpha value is -3.16. The van der Waals surface area contributed by atoms with Gasteiger partial charge in [-0.3, -0.25) is 10.1 Å². The molecule has 1 fully saturated rings. The zero-order chi connectivity index (χ0) is 23.6. The maximum absolute atomic E-state index is 12.9. The number of nitrogens with one attached hydrogen (secondary N) is 1. The van der Waals surface area contributed by atoms with Gasteiger partial charge in [-0.2, -0.15) is 4.31 Å². The number of aromatic nitrogens is 2. The molecule has 1 N–H and O–H groups in total. The van der Waals surface area contributed by atoms with Gasteiger partial charge in [0.2, 0.25) is 17.5 Å². The molecule has 0 saturated carbocycles. The quantitative estimate of drug-likeness (QED) is 0.501. The van der Waals surface area contributed by atoms with Crippen LogP contribution in [0.2, 0.25) is 0 Å². The highest BCUT2D eigenvalue weighted by Crippen LogP contribution is 2.41. The summed E-state index contributed by atoms with van der Waals surface area (Å²) in [7, 11) is 0.703. The second-order valence-electron chi connectivity index (χ2n) is 7.02. The van der Waals surface area contributed by atoms with E-state index in [0.717, 1.165) is 11.3 Å². The molecule has 0 radical (unpaired) electrons. The lowest BCUT2D eigenvalue weighted by Gasteiger charge is -2.21. The molecule has 1 aliphatic rings. The first-order chi connectivity index (χ1) is 15.9. The van der Waals surface area contributed by atoms with Gasteiger partial charge in [-0.05, 0) is 36.4 Å². The van der Waals surface area contributed by atoms with E-state index in [-0.39, 0.29) is 22.7 Å². The maximum Gasteiger partial charge on any atom is 0.322 e. The fourth-order valence-corrected chi connectivity index (χ4v) is 6.38. The molecule has 11 nitrogen and oxygen atoms in total. The van der Waals surface area contributed by atoms with Crippen LogP contribution in [0.1, 0.15) is 12.8 Å². The van der Waals surface area contributed by atoms with Crippen LogP contribution in [-0.2, 0) is 14.8 Å². The number of thiophene rings is 1. The summed E-state index contributed by atoms with van der Waals surface area (Å²) in [6.45, 7) is 0.263. The third kappa shape index (κ3) is 4.38. The monoisotopic (exact) mass is 494 g/mol. The lowest BCUT2D eigenvalue weighted by molar-refractivity contribution is -0.119. The van der Waals surface area contributed by atoms with Gasteiger partial charge in [0, 0.05) is 12.1 Å². The van der Waals surface area contributed by atoms with Gasteiger partial charge >= 0.3 is 6.01 Å². The third-order valence-corrected chi connectivity index (χ3v) is 8.41. The molecule has 2 aromatic heterocycles. The van der Waals surface area contributed by atoms with Gasteiger partial charge in [0.15, 0.2) is 11.5 Å². The molecular weight excluding hydrogens is 472 g/mol. The van der Waals surface area contributed by atoms with Crippen molar-refractivity contribution in [2.75, 3.05) is 33.2 Å². The molecule has 0 bridgehead atoms. The average molecular weight is 495 g/mol. The summed E-state index contributed by atoms with van der Waals surface area (Å²) in [6.07, 6.45) is 0.966. The first-order valence-corrected chi connectivity index (χ1v) is 12.2. The average Bonchev–Trinajstić information content (AvgIpc) is 3.59. The molecule has 13 heteroatoms. The zero-order valence-electron chi connectivity index (χ0n) is 18.1. The minimum Gasteiger partial charge on any atom is -0.493 e. The predicted molar refractivity (Wildman–Crippen MR) is 119 cm³/mol. The fraction of sp³-hybridized carbons (Fsp3) is 0.350. The fourth-order valence-electron chi connectivity index (χ4n) is 3.60. The van der Waals surface area contributed by atoms with Crippen molar-refractivity contribution in [1.29, 1.82) is 0 Å². The van der Waals surface area contributed by atoms with E-state index in [4.69, 9.17) is 18.6 Å². The van der Waals surface area contributed by atoms with Crippen LogP contribution in [0.15, 0.2) is 38.3 Å². The molecular formula is C20H22N4O7S2. The summed E-state index contributed by atoms with van der Waals surface area (Å²) in [6, 6.07) is 5.43. The zero-order valence-corrected chi connectivity index (χ0v) is 19.7. The van der Waals surface area contributed by atoms with Crippen molar-refractivity contribution in [2.24, 2.45) is 0 Å². The second kappa shape index (κ2) is 9.37. The Morgan fingerprint density at radius 1 is 1.18 bits per heavy atom. The minimum atomic E-state index is -3.76. The van der Waals surface area contributed by atoms with E-state index in [1.165, 1.54) is 31.7 Å². The first kappa shape index (κ1) is 23.0. The molecule has 1 saturated heterocycles. The molecule has 1 unspecified atom stereocenters. The number of rotatable bonds is 8. The highest BCUT2D eigenvalue weighted by atomic mass is 32.2. The number of benzene rings is 1. The predicted octanol–water partition coefficient (Wildman–Crippen LogP) is 2.62. The van der Waals surface area contributed by atoms with Crippen LogP contribution >= 0.6 is 11.3 Å². The Morgan fingerprint density at radius 3 is 2.52 bits per heavy atom. The normalized spacial score (nSPS) is 16.5. The van der Waals surface area contributed by atoms with E-state index in [9.17, 15) is 13.2 Å². The van der Waals surface area contributed by atoms with Crippen molar-refractivity contribution >= 4 is 33.3 Å². The minimum absolute atomic E-state index is 0.110. The Kier molecular flexibility index (Phi) is 6.54. The number of amides is 1. The highest BCUT2D eigenvalue weighted by molar-refractivity contribution is 7.91. The van der Waals surface area contributed by atoms with Gasteiger partial charge in [-0.1, -0.05) is 11.2 Å². The third-order valence-electron chi connectivity index (χ3n) is 5.13. The number of sulfonamides is 1. The van der Waals surface area contributed by atoms with Gasteiger partial charge in [0.1, 0.15) is 10.3 Å². The number of carbonyl (C=O) groups excluding carboxylic acids is 1. The van der Waals surface area contributed by atoms with Crippen LogP contribution in [-0.4, -0.2) is 62.7 Å². The molecule has 176 valence electrons. The highest BCUT2D eigenvalue weighted by Gasteiger charge is 2.40. The Labute approximate surface area is 194 Å². The molecule has 1 aromatic carbocycles. The van der Waals surface area contributed by atoms with Crippen molar-refractivity contribution in [3.05, 3.63) is 29.6 Å². The lowest BCUT2D eigenvalue weighted by atomic mass is 10.2. The van der Waals surface area contributed by atoms with E-state index in [1.54, 1.807) is 23.6 Å². The molecule has 1 amide bonds.